The highest BCUT2D eigenvalue weighted by Gasteiger charge is 2.43. The Hall–Kier alpha value is -2.98. The number of hydrogen-bond donors (Lipinski definition) is 2. The van der Waals surface area contributed by atoms with Crippen molar-refractivity contribution >= 4 is 23.6 Å². The van der Waals surface area contributed by atoms with E-state index in [0.29, 0.717) is 49.4 Å². The van der Waals surface area contributed by atoms with Crippen LogP contribution in [0.1, 0.15) is 61.7 Å². The van der Waals surface area contributed by atoms with E-state index in [-0.39, 0.29) is 35.7 Å². The number of nitrogens with zero attached hydrogens (tertiary/aromatic N) is 4. The van der Waals surface area contributed by atoms with Crippen molar-refractivity contribution in [3.8, 4) is 0 Å². The smallest absolute Gasteiger partial charge is 0.254 e. The van der Waals surface area contributed by atoms with Crippen molar-refractivity contribution < 1.29 is 19.2 Å². The molecule has 4 amide bonds. The normalized spacial score (nSPS) is 33.7. The Morgan fingerprint density at radius 2 is 1.62 bits per heavy atom. The first-order valence-corrected chi connectivity index (χ1v) is 16.0. The van der Waals surface area contributed by atoms with E-state index in [4.69, 9.17) is 0 Å². The molecule has 1 aromatic carbocycles. The van der Waals surface area contributed by atoms with E-state index < -0.39 is 6.04 Å². The van der Waals surface area contributed by atoms with Gasteiger partial charge in [0.15, 0.2) is 0 Å². The topological polar surface area (TPSA) is 105 Å². The molecule has 42 heavy (non-hydrogen) atoms. The number of carbonyl (C=O) groups is 4. The van der Waals surface area contributed by atoms with Crippen molar-refractivity contribution in [1.29, 1.82) is 0 Å². The van der Waals surface area contributed by atoms with Crippen molar-refractivity contribution in [3.05, 3.63) is 35.9 Å². The fraction of sp³-hybridized carbons (Fsp3) is 0.688. The molecule has 6 aliphatic heterocycles. The minimum atomic E-state index is -0.639. The first-order chi connectivity index (χ1) is 20.4. The van der Waals surface area contributed by atoms with Crippen molar-refractivity contribution in [2.24, 2.45) is 11.8 Å². The summed E-state index contributed by atoms with van der Waals surface area (Å²) in [6, 6.07) is 8.25. The summed E-state index contributed by atoms with van der Waals surface area (Å²) in [5, 5.41) is 6.36. The van der Waals surface area contributed by atoms with Gasteiger partial charge in [-0.3, -0.25) is 24.1 Å². The van der Waals surface area contributed by atoms with Gasteiger partial charge in [0.25, 0.3) is 5.91 Å². The molecule has 10 heteroatoms. The molecule has 6 aliphatic rings. The number of rotatable bonds is 1. The van der Waals surface area contributed by atoms with Crippen LogP contribution >= 0.6 is 0 Å². The summed E-state index contributed by atoms with van der Waals surface area (Å²) in [6.07, 6.45) is 6.34. The molecule has 7 rings (SSSR count). The molecule has 0 radical (unpaired) electrons. The van der Waals surface area contributed by atoms with Gasteiger partial charge in [0.05, 0.1) is 6.04 Å². The van der Waals surface area contributed by atoms with Gasteiger partial charge in [-0.05, 0) is 89.1 Å². The van der Waals surface area contributed by atoms with Gasteiger partial charge in [-0.25, -0.2) is 0 Å². The third kappa shape index (κ3) is 6.20. The van der Waals surface area contributed by atoms with Gasteiger partial charge in [-0.15, -0.1) is 0 Å². The molecule has 4 bridgehead atoms. The Labute approximate surface area is 249 Å². The van der Waals surface area contributed by atoms with Crippen LogP contribution in [0.15, 0.2) is 30.3 Å². The van der Waals surface area contributed by atoms with Gasteiger partial charge in [-0.2, -0.15) is 0 Å². The fourth-order valence-corrected chi connectivity index (χ4v) is 8.12. The molecule has 0 aromatic heterocycles. The Morgan fingerprint density at radius 1 is 0.833 bits per heavy atom. The van der Waals surface area contributed by atoms with E-state index in [0.717, 1.165) is 71.2 Å². The summed E-state index contributed by atoms with van der Waals surface area (Å²) < 4.78 is 0. The SMILES string of the molecule is CN1CC[C@H]2CC(=O)N3CCC(CC3)N3CCC[C@H]3C(=O)N[C@@H]3C[C@H](C(=O)NCC[C@H]2C1)N(C(=O)c1ccccc1)C3. The molecule has 0 unspecified atom stereocenters. The van der Waals surface area contributed by atoms with Crippen LogP contribution in [0.25, 0.3) is 0 Å². The van der Waals surface area contributed by atoms with Crippen molar-refractivity contribution in [2.45, 2.75) is 75.5 Å². The van der Waals surface area contributed by atoms with Gasteiger partial charge >= 0.3 is 0 Å². The molecular formula is C32H46N6O4. The number of benzene rings is 1. The van der Waals surface area contributed by atoms with Gasteiger partial charge in [0.2, 0.25) is 17.7 Å². The Morgan fingerprint density at radius 3 is 2.40 bits per heavy atom. The molecule has 0 saturated carbocycles. The highest BCUT2D eigenvalue weighted by atomic mass is 16.2. The van der Waals surface area contributed by atoms with Crippen LogP contribution in [0.2, 0.25) is 0 Å². The van der Waals surface area contributed by atoms with E-state index in [1.54, 1.807) is 17.0 Å². The second-order valence-electron chi connectivity index (χ2n) is 13.1. The second kappa shape index (κ2) is 12.7. The monoisotopic (exact) mass is 578 g/mol. The van der Waals surface area contributed by atoms with Crippen LogP contribution < -0.4 is 10.6 Å². The second-order valence-corrected chi connectivity index (χ2v) is 13.1. The molecule has 1 aromatic rings. The van der Waals surface area contributed by atoms with Crippen LogP contribution in [-0.2, 0) is 14.4 Å². The maximum Gasteiger partial charge on any atom is 0.254 e. The predicted octanol–water partition coefficient (Wildman–Crippen LogP) is 1.32. The number of fused-ring (bicyclic) bond motifs is 7. The number of nitrogens with one attached hydrogen (secondary N) is 2. The molecule has 0 spiro atoms. The minimum absolute atomic E-state index is 0.00437. The number of piperidine rings is 2. The molecule has 0 aliphatic carbocycles. The first kappa shape index (κ1) is 29.1. The highest BCUT2D eigenvalue weighted by Crippen LogP contribution is 2.31. The lowest BCUT2D eigenvalue weighted by Gasteiger charge is -2.41. The van der Waals surface area contributed by atoms with Crippen molar-refractivity contribution in [3.63, 3.8) is 0 Å². The third-order valence-corrected chi connectivity index (χ3v) is 10.5. The molecule has 5 atom stereocenters. The minimum Gasteiger partial charge on any atom is -0.354 e. The largest absolute Gasteiger partial charge is 0.354 e. The summed E-state index contributed by atoms with van der Waals surface area (Å²) in [5.41, 5.74) is 0.544. The van der Waals surface area contributed by atoms with E-state index in [1.807, 2.05) is 23.1 Å². The van der Waals surface area contributed by atoms with Crippen LogP contribution in [0, 0.1) is 11.8 Å². The summed E-state index contributed by atoms with van der Waals surface area (Å²) in [7, 11) is 2.13. The van der Waals surface area contributed by atoms with E-state index in [9.17, 15) is 19.2 Å². The molecule has 6 heterocycles. The zero-order chi connectivity index (χ0) is 29.2. The lowest BCUT2D eigenvalue weighted by molar-refractivity contribution is -0.136. The Kier molecular flexibility index (Phi) is 8.81. The molecular weight excluding hydrogens is 532 g/mol. The molecule has 2 N–H and O–H groups in total. The molecule has 6 saturated heterocycles. The zero-order valence-electron chi connectivity index (χ0n) is 24.9. The quantitative estimate of drug-likeness (QED) is 0.521. The summed E-state index contributed by atoms with van der Waals surface area (Å²) >= 11 is 0. The number of likely N-dealkylation sites (tertiary alicyclic amines) is 2. The Bertz CT molecular complexity index is 1150. The van der Waals surface area contributed by atoms with E-state index >= 15 is 0 Å². The summed E-state index contributed by atoms with van der Waals surface area (Å²) in [6.45, 7) is 5.13. The fourth-order valence-electron chi connectivity index (χ4n) is 8.12. The number of hydrogen-bond acceptors (Lipinski definition) is 6. The first-order valence-electron chi connectivity index (χ1n) is 16.0. The molecule has 10 nitrogen and oxygen atoms in total. The average molecular weight is 579 g/mol. The highest BCUT2D eigenvalue weighted by molar-refractivity contribution is 5.98. The van der Waals surface area contributed by atoms with Gasteiger partial charge in [0.1, 0.15) is 6.04 Å². The van der Waals surface area contributed by atoms with Crippen LogP contribution in [0.3, 0.4) is 0 Å². The van der Waals surface area contributed by atoms with Crippen molar-refractivity contribution in [1.82, 2.24) is 30.2 Å². The zero-order valence-corrected chi connectivity index (χ0v) is 24.9. The Balaban J connectivity index is 1.24. The standard InChI is InChI=1S/C32H46N6O4/c1-35-15-10-23-18-29(39)36-16-11-26(12-17-36)37-14-5-8-27(37)31(41)34-25-19-28(30(40)33-13-9-24(23)20-35)38(21-25)32(42)22-6-3-2-4-7-22/h2-4,6-7,23-28H,5,8-21H2,1H3,(H,33,40)(H,34,41)/t23-,24-,25+,27-,28+/m0/s1. The molecule has 228 valence electrons. The molecule has 6 fully saturated rings. The van der Waals surface area contributed by atoms with E-state index in [1.165, 1.54) is 0 Å². The summed E-state index contributed by atoms with van der Waals surface area (Å²) in [4.78, 5) is 62.6. The maximum atomic E-state index is 13.6. The van der Waals surface area contributed by atoms with Crippen LogP contribution in [-0.4, -0.2) is 120 Å². The summed E-state index contributed by atoms with van der Waals surface area (Å²) in [5.74, 6) is 0.528. The van der Waals surface area contributed by atoms with Gasteiger partial charge in [0, 0.05) is 56.8 Å². The van der Waals surface area contributed by atoms with Gasteiger partial charge < -0.3 is 25.3 Å². The predicted molar refractivity (Wildman–Crippen MR) is 158 cm³/mol. The van der Waals surface area contributed by atoms with E-state index in [2.05, 4.69) is 27.5 Å². The lowest BCUT2D eigenvalue weighted by atomic mass is 9.81. The number of carbonyl (C=O) groups excluding carboxylic acids is 4. The number of amides is 4. The van der Waals surface area contributed by atoms with Crippen molar-refractivity contribution in [2.75, 3.05) is 52.9 Å². The van der Waals surface area contributed by atoms with Crippen LogP contribution in [0.5, 0.6) is 0 Å². The lowest BCUT2D eigenvalue weighted by Crippen LogP contribution is -2.53. The maximum absolute atomic E-state index is 13.6. The average Bonchev–Trinajstić information content (AvgIpc) is 3.66. The van der Waals surface area contributed by atoms with Gasteiger partial charge in [-0.1, -0.05) is 18.2 Å². The van der Waals surface area contributed by atoms with Crippen LogP contribution in [0.4, 0.5) is 0 Å². The third-order valence-electron chi connectivity index (χ3n) is 10.5.